The Morgan fingerprint density at radius 3 is 2.46 bits per heavy atom. The number of nitrogens with zero attached hydrogens (tertiary/aromatic N) is 3. The third-order valence-corrected chi connectivity index (χ3v) is 4.43. The van der Waals surface area contributed by atoms with E-state index in [1.54, 1.807) is 34.9 Å². The van der Waals surface area contributed by atoms with Crippen molar-refractivity contribution < 1.29 is 9.59 Å². The molecule has 0 spiro atoms. The Balaban J connectivity index is 1.71. The van der Waals surface area contributed by atoms with Crippen molar-refractivity contribution in [3.63, 3.8) is 0 Å². The number of H-pyrrole nitrogens is 1. The van der Waals surface area contributed by atoms with E-state index in [9.17, 15) is 9.59 Å². The van der Waals surface area contributed by atoms with E-state index in [0.29, 0.717) is 42.6 Å². The molecule has 1 aromatic carbocycles. The van der Waals surface area contributed by atoms with Gasteiger partial charge in [-0.3, -0.25) is 14.7 Å². The van der Waals surface area contributed by atoms with Crippen molar-refractivity contribution in [3.05, 3.63) is 41.0 Å². The first-order valence-electron chi connectivity index (χ1n) is 7.91. The van der Waals surface area contributed by atoms with Gasteiger partial charge in [-0.15, -0.1) is 0 Å². The molecule has 7 heteroatoms. The summed E-state index contributed by atoms with van der Waals surface area (Å²) >= 11 is 5.89. The molecule has 0 bridgehead atoms. The van der Waals surface area contributed by atoms with E-state index < -0.39 is 0 Å². The second kappa shape index (κ2) is 7.05. The van der Waals surface area contributed by atoms with E-state index in [-0.39, 0.29) is 11.8 Å². The molecule has 1 fully saturated rings. The van der Waals surface area contributed by atoms with Crippen LogP contribution >= 0.6 is 11.6 Å². The molecule has 1 aliphatic heterocycles. The van der Waals surface area contributed by atoms with Crippen LogP contribution in [-0.4, -0.2) is 58.0 Å². The summed E-state index contributed by atoms with van der Waals surface area (Å²) in [5, 5.41) is 7.69. The zero-order chi connectivity index (χ0) is 17.1. The minimum absolute atomic E-state index is 0.0517. The van der Waals surface area contributed by atoms with E-state index in [1.165, 1.54) is 0 Å². The molecule has 1 N–H and O–H groups in total. The first kappa shape index (κ1) is 16.5. The quantitative estimate of drug-likeness (QED) is 0.908. The Bertz CT molecular complexity index is 741. The highest BCUT2D eigenvalue weighted by Crippen LogP contribution is 2.21. The van der Waals surface area contributed by atoms with Crippen LogP contribution in [0.3, 0.4) is 0 Å². The number of benzene rings is 1. The van der Waals surface area contributed by atoms with Crippen LogP contribution in [0.15, 0.2) is 30.3 Å². The van der Waals surface area contributed by atoms with E-state index in [0.717, 1.165) is 12.0 Å². The number of hydrogen-bond donors (Lipinski definition) is 1. The van der Waals surface area contributed by atoms with Crippen LogP contribution in [0.4, 0.5) is 0 Å². The summed E-state index contributed by atoms with van der Waals surface area (Å²) in [6.07, 6.45) is 0.781. The van der Waals surface area contributed by atoms with Crippen LogP contribution in [-0.2, 0) is 4.79 Å². The number of hydrogen-bond acceptors (Lipinski definition) is 3. The maximum atomic E-state index is 12.7. The Hall–Kier alpha value is -2.34. The number of carbonyl (C=O) groups is 2. The minimum atomic E-state index is -0.0897. The summed E-state index contributed by atoms with van der Waals surface area (Å²) in [5.74, 6) is -0.0380. The lowest BCUT2D eigenvalue weighted by molar-refractivity contribution is -0.128. The van der Waals surface area contributed by atoms with Crippen molar-refractivity contribution in [3.8, 4) is 11.3 Å². The molecule has 0 radical (unpaired) electrons. The molecule has 0 atom stereocenters. The van der Waals surface area contributed by atoms with Crippen LogP contribution in [0.1, 0.15) is 23.8 Å². The van der Waals surface area contributed by atoms with Gasteiger partial charge < -0.3 is 9.80 Å². The highest BCUT2D eigenvalue weighted by molar-refractivity contribution is 6.30. The van der Waals surface area contributed by atoms with Gasteiger partial charge >= 0.3 is 0 Å². The number of rotatable bonds is 2. The highest BCUT2D eigenvalue weighted by Gasteiger charge is 2.22. The molecular formula is C17H19ClN4O2. The molecule has 6 nitrogen and oxygen atoms in total. The zero-order valence-electron chi connectivity index (χ0n) is 13.5. The van der Waals surface area contributed by atoms with Crippen molar-refractivity contribution in [2.75, 3.05) is 26.2 Å². The van der Waals surface area contributed by atoms with Crippen LogP contribution in [0.25, 0.3) is 11.3 Å². The minimum Gasteiger partial charge on any atom is -0.341 e. The molecule has 0 saturated carbocycles. The van der Waals surface area contributed by atoms with Gasteiger partial charge in [0.25, 0.3) is 5.91 Å². The summed E-state index contributed by atoms with van der Waals surface area (Å²) in [5.41, 5.74) is 2.06. The Morgan fingerprint density at radius 2 is 1.75 bits per heavy atom. The lowest BCUT2D eigenvalue weighted by atomic mass is 10.1. The predicted octanol–water partition coefficient (Wildman–Crippen LogP) is 2.42. The average molecular weight is 347 g/mol. The second-order valence-corrected chi connectivity index (χ2v) is 6.26. The summed E-state index contributed by atoms with van der Waals surface area (Å²) < 4.78 is 0. The molecule has 126 valence electrons. The van der Waals surface area contributed by atoms with Gasteiger partial charge in [-0.1, -0.05) is 23.7 Å². The zero-order valence-corrected chi connectivity index (χ0v) is 14.2. The molecule has 2 heterocycles. The van der Waals surface area contributed by atoms with Gasteiger partial charge in [-0.05, 0) is 24.6 Å². The molecule has 24 heavy (non-hydrogen) atoms. The Kier molecular flexibility index (Phi) is 4.85. The number of aromatic amines is 1. The first-order chi connectivity index (χ1) is 11.5. The lowest BCUT2D eigenvalue weighted by Crippen LogP contribution is -2.36. The van der Waals surface area contributed by atoms with Crippen LogP contribution < -0.4 is 0 Å². The number of amides is 2. The summed E-state index contributed by atoms with van der Waals surface area (Å²) in [7, 11) is 0. The van der Waals surface area contributed by atoms with E-state index >= 15 is 0 Å². The normalized spacial score (nSPS) is 15.2. The third kappa shape index (κ3) is 3.59. The van der Waals surface area contributed by atoms with Crippen molar-refractivity contribution in [2.24, 2.45) is 0 Å². The molecule has 0 aliphatic carbocycles. The number of nitrogens with one attached hydrogen (secondary N) is 1. The largest absolute Gasteiger partial charge is 0.341 e. The van der Waals surface area contributed by atoms with Crippen LogP contribution in [0.5, 0.6) is 0 Å². The number of aromatic nitrogens is 2. The Labute approximate surface area is 145 Å². The topological polar surface area (TPSA) is 69.3 Å². The van der Waals surface area contributed by atoms with E-state index in [2.05, 4.69) is 10.2 Å². The van der Waals surface area contributed by atoms with E-state index in [1.807, 2.05) is 12.1 Å². The number of carbonyl (C=O) groups excluding carboxylic acids is 2. The SMILES string of the molecule is CC(=O)N1CCCN(C(=O)c2cc(-c3ccc(Cl)cc3)n[nH]2)CC1. The van der Waals surface area contributed by atoms with Gasteiger partial charge in [0, 0.05) is 43.7 Å². The average Bonchev–Trinajstić information content (AvgIpc) is 2.92. The predicted molar refractivity (Wildman–Crippen MR) is 91.8 cm³/mol. The van der Waals surface area contributed by atoms with Gasteiger partial charge in [0.2, 0.25) is 5.91 Å². The second-order valence-electron chi connectivity index (χ2n) is 5.83. The van der Waals surface area contributed by atoms with Crippen LogP contribution in [0.2, 0.25) is 5.02 Å². The first-order valence-corrected chi connectivity index (χ1v) is 8.28. The fraction of sp³-hybridized carbons (Fsp3) is 0.353. The van der Waals surface area contributed by atoms with Gasteiger partial charge in [0.1, 0.15) is 5.69 Å². The van der Waals surface area contributed by atoms with Crippen molar-refractivity contribution in [1.82, 2.24) is 20.0 Å². The molecule has 1 saturated heterocycles. The lowest BCUT2D eigenvalue weighted by Gasteiger charge is -2.20. The Morgan fingerprint density at radius 1 is 1.08 bits per heavy atom. The smallest absolute Gasteiger partial charge is 0.271 e. The van der Waals surface area contributed by atoms with Crippen molar-refractivity contribution in [2.45, 2.75) is 13.3 Å². The molecule has 2 amide bonds. The van der Waals surface area contributed by atoms with Gasteiger partial charge in [0.05, 0.1) is 5.69 Å². The fourth-order valence-corrected chi connectivity index (χ4v) is 2.93. The standard InChI is InChI=1S/C17H19ClN4O2/c1-12(23)21-7-2-8-22(10-9-21)17(24)16-11-15(19-20-16)13-3-5-14(18)6-4-13/h3-6,11H,2,7-10H2,1H3,(H,19,20). The highest BCUT2D eigenvalue weighted by atomic mass is 35.5. The summed E-state index contributed by atoms with van der Waals surface area (Å²) in [4.78, 5) is 27.7. The maximum Gasteiger partial charge on any atom is 0.271 e. The van der Waals surface area contributed by atoms with Gasteiger partial charge in [-0.2, -0.15) is 5.10 Å². The fourth-order valence-electron chi connectivity index (χ4n) is 2.81. The monoisotopic (exact) mass is 346 g/mol. The maximum absolute atomic E-state index is 12.7. The number of halogens is 1. The molecule has 3 rings (SSSR count). The van der Waals surface area contributed by atoms with E-state index in [4.69, 9.17) is 11.6 Å². The summed E-state index contributed by atoms with van der Waals surface area (Å²) in [6.45, 7) is 3.99. The molecule has 0 unspecified atom stereocenters. The van der Waals surface area contributed by atoms with Crippen molar-refractivity contribution >= 4 is 23.4 Å². The molecule has 1 aliphatic rings. The third-order valence-electron chi connectivity index (χ3n) is 4.18. The summed E-state index contributed by atoms with van der Waals surface area (Å²) in [6, 6.07) is 9.06. The molecule has 1 aromatic heterocycles. The van der Waals surface area contributed by atoms with Gasteiger partial charge in [-0.25, -0.2) is 0 Å². The molecular weight excluding hydrogens is 328 g/mol. The molecule has 2 aromatic rings. The van der Waals surface area contributed by atoms with Gasteiger partial charge in [0.15, 0.2) is 0 Å². The van der Waals surface area contributed by atoms with Crippen molar-refractivity contribution in [1.29, 1.82) is 0 Å². The van der Waals surface area contributed by atoms with Crippen LogP contribution in [0, 0.1) is 0 Å².